The second kappa shape index (κ2) is 19.2. The van der Waals surface area contributed by atoms with Crippen LogP contribution in [0.1, 0.15) is 64.9 Å². The number of methoxy groups -OCH3 is 1. The van der Waals surface area contributed by atoms with E-state index >= 15 is 0 Å². The van der Waals surface area contributed by atoms with Crippen LogP contribution in [0.15, 0.2) is 54.6 Å². The van der Waals surface area contributed by atoms with Gasteiger partial charge in [-0.05, 0) is 70.6 Å². The third-order valence-electron chi connectivity index (χ3n) is 9.66. The van der Waals surface area contributed by atoms with Crippen LogP contribution >= 0.6 is 0 Å². The highest BCUT2D eigenvalue weighted by molar-refractivity contribution is 6.36. The van der Waals surface area contributed by atoms with Crippen molar-refractivity contribution in [2.75, 3.05) is 20.2 Å². The minimum absolute atomic E-state index is 0.0374. The number of ketones is 3. The molecule has 2 aromatic carbocycles. The number of rotatable bonds is 17. The number of carbonyl (C=O) groups excluding carboxylic acids is 7. The number of nitrogens with one attached hydrogen (secondary N) is 2. The van der Waals surface area contributed by atoms with E-state index in [9.17, 15) is 43.7 Å². The molecule has 4 rings (SSSR count). The van der Waals surface area contributed by atoms with Crippen LogP contribution in [0.25, 0.3) is 0 Å². The monoisotopic (exact) mass is 780 g/mol. The molecule has 2 aromatic rings. The number of alkyl carbamates (subject to hydrolysis) is 1. The Bertz CT molecular complexity index is 1790. The molecule has 1 saturated carbocycles. The quantitative estimate of drug-likeness (QED) is 0.0905. The molecule has 1 heterocycles. The van der Waals surface area contributed by atoms with Gasteiger partial charge in [0.2, 0.25) is 23.1 Å². The summed E-state index contributed by atoms with van der Waals surface area (Å²) in [7, 11) is 1.19. The Balaban J connectivity index is 1.55. The van der Waals surface area contributed by atoms with Crippen LogP contribution < -0.4 is 21.1 Å². The first-order valence-electron chi connectivity index (χ1n) is 18.3. The van der Waals surface area contributed by atoms with E-state index in [2.05, 4.69) is 10.6 Å². The Hall–Kier alpha value is -5.75. The van der Waals surface area contributed by atoms with Crippen LogP contribution in [0.4, 0.5) is 15.3 Å². The van der Waals surface area contributed by atoms with Gasteiger partial charge in [-0.3, -0.25) is 39.0 Å². The number of amides is 4. The van der Waals surface area contributed by atoms with Gasteiger partial charge in [-0.15, -0.1) is 0 Å². The molecule has 1 saturated heterocycles. The zero-order chi connectivity index (χ0) is 41.2. The van der Waals surface area contributed by atoms with E-state index in [1.807, 2.05) is 30.3 Å². The molecule has 18 heteroatoms. The Morgan fingerprint density at radius 2 is 1.71 bits per heavy atom. The second-order valence-corrected chi connectivity index (χ2v) is 13.9. The number of unbranched alkanes of at least 4 members (excludes halogenated alkanes) is 1. The summed E-state index contributed by atoms with van der Waals surface area (Å²) in [6.45, 7) is 4.71. The molecular weight excluding hydrogens is 732 g/mol. The summed E-state index contributed by atoms with van der Waals surface area (Å²) in [6.07, 6.45) is -2.64. The molecule has 1 aliphatic heterocycles. The van der Waals surface area contributed by atoms with Crippen molar-refractivity contribution in [2.24, 2.45) is 5.73 Å². The van der Waals surface area contributed by atoms with Gasteiger partial charge < -0.3 is 35.5 Å². The Morgan fingerprint density at radius 3 is 2.30 bits per heavy atom. The van der Waals surface area contributed by atoms with E-state index in [-0.39, 0.29) is 44.0 Å². The molecule has 56 heavy (non-hydrogen) atoms. The Labute approximate surface area is 323 Å². The lowest BCUT2D eigenvalue weighted by atomic mass is 9.82. The van der Waals surface area contributed by atoms with E-state index in [1.54, 1.807) is 0 Å². The molecular formula is C38H48N6O12. The molecule has 4 N–H and O–H groups in total. The van der Waals surface area contributed by atoms with E-state index in [4.69, 9.17) is 19.9 Å². The first kappa shape index (κ1) is 43.0. The van der Waals surface area contributed by atoms with Crippen molar-refractivity contribution in [3.05, 3.63) is 70.3 Å². The number of nitrogens with two attached hydrogens (primary N) is 1. The van der Waals surface area contributed by atoms with Crippen LogP contribution in [-0.2, 0) is 40.1 Å². The average molecular weight is 781 g/mol. The number of nitrogens with zero attached hydrogens (tertiary/aromatic N) is 3. The lowest BCUT2D eigenvalue weighted by Crippen LogP contribution is -2.70. The molecule has 4 amide bonds. The van der Waals surface area contributed by atoms with Crippen molar-refractivity contribution in [1.82, 2.24) is 20.4 Å². The Kier molecular flexibility index (Phi) is 14.7. The predicted octanol–water partition coefficient (Wildman–Crippen LogP) is 2.59. The van der Waals surface area contributed by atoms with Gasteiger partial charge in [-0.25, -0.2) is 9.59 Å². The molecule has 0 bridgehead atoms. The maximum Gasteiger partial charge on any atom is 0.417 e. The summed E-state index contributed by atoms with van der Waals surface area (Å²) >= 11 is 0. The second-order valence-electron chi connectivity index (χ2n) is 13.9. The topological polar surface area (TPSA) is 247 Å². The summed E-state index contributed by atoms with van der Waals surface area (Å²) in [5, 5.41) is 16.4. The highest BCUT2D eigenvalue weighted by Gasteiger charge is 2.67. The normalized spacial score (nSPS) is 20.3. The number of non-ortho nitro benzene ring substituents is 1. The van der Waals surface area contributed by atoms with E-state index in [0.717, 1.165) is 34.7 Å². The van der Waals surface area contributed by atoms with Gasteiger partial charge in [0, 0.05) is 44.8 Å². The largest absolute Gasteiger partial charge is 0.445 e. The third-order valence-corrected chi connectivity index (χ3v) is 9.66. The number of hydrogen-bond acceptors (Lipinski definition) is 13. The van der Waals surface area contributed by atoms with Gasteiger partial charge in [-0.2, -0.15) is 0 Å². The number of nitro groups is 1. The molecule has 302 valence electrons. The first-order chi connectivity index (χ1) is 26.6. The average Bonchev–Trinajstić information content (AvgIpc) is 3.76. The maximum absolute atomic E-state index is 14.9. The van der Waals surface area contributed by atoms with Gasteiger partial charge >= 0.3 is 12.2 Å². The lowest BCUT2D eigenvalue weighted by Gasteiger charge is -2.41. The number of likely N-dealkylation sites (tertiary alicyclic amines) is 1. The van der Waals surface area contributed by atoms with Crippen molar-refractivity contribution in [1.29, 1.82) is 0 Å². The molecule has 2 unspecified atom stereocenters. The zero-order valence-electron chi connectivity index (χ0n) is 31.8. The summed E-state index contributed by atoms with van der Waals surface area (Å²) in [4.78, 5) is 109. The first-order valence-corrected chi connectivity index (χ1v) is 18.3. The van der Waals surface area contributed by atoms with Crippen LogP contribution in [0, 0.1) is 10.1 Å². The SMILES string of the molecule is COC1CC(=O)C(C(=O)[C@@H]2CCCN2C(=O)[C@H](CCCCNC(=O)OCc2ccccc2)NC(=O)[C@H](C)N)(N(C(=O)Oc2ccc([N+](=O)[O-])cc2)C(C)C)C1=O. The zero-order valence-corrected chi connectivity index (χ0v) is 31.8. The number of carbonyl (C=O) groups is 7. The van der Waals surface area contributed by atoms with Gasteiger partial charge in [0.05, 0.1) is 17.0 Å². The number of nitro benzene ring substituents is 1. The van der Waals surface area contributed by atoms with Gasteiger partial charge in [-0.1, -0.05) is 30.3 Å². The number of benzene rings is 2. The molecule has 1 aliphatic carbocycles. The molecule has 5 atom stereocenters. The van der Waals surface area contributed by atoms with Gasteiger partial charge in [0.15, 0.2) is 11.6 Å². The highest BCUT2D eigenvalue weighted by atomic mass is 16.6. The number of Topliss-reactive ketones (excluding diaryl/α,β-unsaturated/α-hetero) is 3. The van der Waals surface area contributed by atoms with Crippen molar-refractivity contribution >= 4 is 47.0 Å². The fourth-order valence-electron chi connectivity index (χ4n) is 6.86. The van der Waals surface area contributed by atoms with Gasteiger partial charge in [0.25, 0.3) is 5.69 Å². The van der Waals surface area contributed by atoms with Crippen LogP contribution in [-0.4, -0.2) is 112 Å². The van der Waals surface area contributed by atoms with Crippen LogP contribution in [0.5, 0.6) is 5.75 Å². The minimum Gasteiger partial charge on any atom is -0.445 e. The molecule has 0 aromatic heterocycles. The van der Waals surface area contributed by atoms with Crippen molar-refractivity contribution in [3.63, 3.8) is 0 Å². The number of hydrogen-bond donors (Lipinski definition) is 3. The predicted molar refractivity (Wildman–Crippen MR) is 198 cm³/mol. The van der Waals surface area contributed by atoms with Crippen LogP contribution in [0.2, 0.25) is 0 Å². The van der Waals surface area contributed by atoms with Crippen molar-refractivity contribution < 1.29 is 52.7 Å². The molecule has 0 spiro atoms. The highest BCUT2D eigenvalue weighted by Crippen LogP contribution is 2.38. The fourth-order valence-corrected chi connectivity index (χ4v) is 6.86. The maximum atomic E-state index is 14.9. The van der Waals surface area contributed by atoms with E-state index < -0.39 is 88.5 Å². The summed E-state index contributed by atoms with van der Waals surface area (Å²) < 4.78 is 16.0. The summed E-state index contributed by atoms with van der Waals surface area (Å²) in [5.74, 6) is -4.40. The summed E-state index contributed by atoms with van der Waals surface area (Å²) in [6, 6.07) is 9.12. The molecule has 2 fully saturated rings. The summed E-state index contributed by atoms with van der Waals surface area (Å²) in [5.41, 5.74) is 3.59. The molecule has 0 radical (unpaired) electrons. The Morgan fingerprint density at radius 1 is 1.04 bits per heavy atom. The van der Waals surface area contributed by atoms with E-state index in [1.165, 1.54) is 32.8 Å². The standard InChI is InChI=1S/C38H48N6O12/c1-23(2)43(37(51)56-27-17-15-26(16-18-27)44(52)53)38(31(45)21-30(54-4)33(38)47)32(46)29-14-10-20-42(29)35(49)28(41-34(48)24(3)39)13-8-9-19-40-36(50)55-22-25-11-6-5-7-12-25/h5-7,11-12,15-18,23-24,28-30H,8-10,13-14,19-22,39H2,1-4H3,(H,40,50)(H,41,48)/t24-,28-,29-,30?,38?/m0/s1. The van der Waals surface area contributed by atoms with E-state index in [0.29, 0.717) is 19.3 Å². The van der Waals surface area contributed by atoms with Gasteiger partial charge in [0.1, 0.15) is 24.5 Å². The smallest absolute Gasteiger partial charge is 0.417 e. The number of ether oxygens (including phenoxy) is 3. The minimum atomic E-state index is -2.74. The molecule has 18 nitrogen and oxygen atoms in total. The van der Waals surface area contributed by atoms with Crippen molar-refractivity contribution in [3.8, 4) is 5.75 Å². The van der Waals surface area contributed by atoms with Crippen molar-refractivity contribution in [2.45, 2.75) is 102 Å². The molecule has 2 aliphatic rings. The third kappa shape index (κ3) is 9.72. The fraction of sp³-hybridized carbons (Fsp3) is 0.500. The lowest BCUT2D eigenvalue weighted by molar-refractivity contribution is -0.384. The van der Waals surface area contributed by atoms with Crippen LogP contribution in [0.3, 0.4) is 0 Å².